The van der Waals surface area contributed by atoms with Gasteiger partial charge >= 0.3 is 0 Å². The Morgan fingerprint density at radius 3 is 2.65 bits per heavy atom. The van der Waals surface area contributed by atoms with Gasteiger partial charge in [-0.05, 0) is 26.0 Å². The Morgan fingerprint density at radius 2 is 2.00 bits per heavy atom. The SMILES string of the molecule is CC(C)NC(=O)CNC(=O)COc1ccccc1C#N. The number of hydrogen-bond acceptors (Lipinski definition) is 4. The van der Waals surface area contributed by atoms with Gasteiger partial charge in [0.05, 0.1) is 12.1 Å². The van der Waals surface area contributed by atoms with Crippen LogP contribution in [0.4, 0.5) is 0 Å². The van der Waals surface area contributed by atoms with E-state index in [9.17, 15) is 9.59 Å². The average molecular weight is 275 g/mol. The molecule has 0 atom stereocenters. The van der Waals surface area contributed by atoms with Gasteiger partial charge in [0.25, 0.3) is 5.91 Å². The summed E-state index contributed by atoms with van der Waals surface area (Å²) < 4.78 is 5.24. The molecule has 0 saturated heterocycles. The molecule has 0 radical (unpaired) electrons. The second-order valence-corrected chi connectivity index (χ2v) is 4.40. The Hall–Kier alpha value is -2.55. The van der Waals surface area contributed by atoms with Gasteiger partial charge in [0.15, 0.2) is 6.61 Å². The third-order valence-electron chi connectivity index (χ3n) is 2.26. The number of rotatable bonds is 6. The summed E-state index contributed by atoms with van der Waals surface area (Å²) in [5.74, 6) is -0.334. The highest BCUT2D eigenvalue weighted by atomic mass is 16.5. The summed E-state index contributed by atoms with van der Waals surface area (Å²) in [6, 6.07) is 8.63. The van der Waals surface area contributed by atoms with Crippen LogP contribution < -0.4 is 15.4 Å². The fourth-order valence-electron chi connectivity index (χ4n) is 1.43. The van der Waals surface area contributed by atoms with Crippen molar-refractivity contribution >= 4 is 11.8 Å². The Bertz CT molecular complexity index is 521. The Balaban J connectivity index is 2.37. The second-order valence-electron chi connectivity index (χ2n) is 4.40. The topological polar surface area (TPSA) is 91.2 Å². The van der Waals surface area contributed by atoms with E-state index in [2.05, 4.69) is 10.6 Å². The van der Waals surface area contributed by atoms with Crippen LogP contribution in [0.15, 0.2) is 24.3 Å². The number of carbonyl (C=O) groups is 2. The fourth-order valence-corrected chi connectivity index (χ4v) is 1.43. The molecule has 6 heteroatoms. The normalized spacial score (nSPS) is 9.70. The van der Waals surface area contributed by atoms with Crippen molar-refractivity contribution in [2.45, 2.75) is 19.9 Å². The summed E-state index contributed by atoms with van der Waals surface area (Å²) in [7, 11) is 0. The Morgan fingerprint density at radius 1 is 1.30 bits per heavy atom. The van der Waals surface area contributed by atoms with E-state index >= 15 is 0 Å². The molecule has 0 aromatic heterocycles. The average Bonchev–Trinajstić information content (AvgIpc) is 2.42. The van der Waals surface area contributed by atoms with Crippen molar-refractivity contribution < 1.29 is 14.3 Å². The van der Waals surface area contributed by atoms with Crippen molar-refractivity contribution in [1.82, 2.24) is 10.6 Å². The molecule has 2 N–H and O–H groups in total. The number of carbonyl (C=O) groups excluding carboxylic acids is 2. The minimum absolute atomic E-state index is 0.0261. The van der Waals surface area contributed by atoms with E-state index in [1.807, 2.05) is 19.9 Å². The summed E-state index contributed by atoms with van der Waals surface area (Å²) in [5, 5.41) is 13.9. The summed E-state index contributed by atoms with van der Waals surface area (Å²) >= 11 is 0. The lowest BCUT2D eigenvalue weighted by atomic mass is 10.2. The third-order valence-corrected chi connectivity index (χ3v) is 2.26. The Labute approximate surface area is 117 Å². The van der Waals surface area contributed by atoms with Gasteiger partial charge in [-0.3, -0.25) is 9.59 Å². The van der Waals surface area contributed by atoms with Crippen molar-refractivity contribution in [1.29, 1.82) is 5.26 Å². The van der Waals surface area contributed by atoms with Crippen LogP contribution in [-0.4, -0.2) is 31.0 Å². The molecule has 0 aliphatic heterocycles. The van der Waals surface area contributed by atoms with Crippen LogP contribution in [-0.2, 0) is 9.59 Å². The number of ether oxygens (including phenoxy) is 1. The van der Waals surface area contributed by atoms with E-state index in [1.54, 1.807) is 24.3 Å². The standard InChI is InChI=1S/C14H17N3O3/c1-10(2)17-13(18)8-16-14(19)9-20-12-6-4-3-5-11(12)7-15/h3-6,10H,8-9H2,1-2H3,(H,16,19)(H,17,18). The van der Waals surface area contributed by atoms with E-state index in [0.717, 1.165) is 0 Å². The van der Waals surface area contributed by atoms with E-state index in [-0.39, 0.29) is 25.1 Å². The third kappa shape index (κ3) is 5.40. The minimum Gasteiger partial charge on any atom is -0.482 e. The van der Waals surface area contributed by atoms with Crippen molar-refractivity contribution in [2.24, 2.45) is 0 Å². The van der Waals surface area contributed by atoms with Crippen molar-refractivity contribution in [2.75, 3.05) is 13.2 Å². The van der Waals surface area contributed by atoms with Crippen LogP contribution in [0.3, 0.4) is 0 Å². The summed E-state index contributed by atoms with van der Waals surface area (Å²) in [5.41, 5.74) is 0.359. The zero-order valence-corrected chi connectivity index (χ0v) is 11.5. The number of nitrogens with zero attached hydrogens (tertiary/aromatic N) is 1. The number of hydrogen-bond donors (Lipinski definition) is 2. The predicted molar refractivity (Wildman–Crippen MR) is 72.9 cm³/mol. The molecular weight excluding hydrogens is 258 g/mol. The van der Waals surface area contributed by atoms with Crippen molar-refractivity contribution in [3.05, 3.63) is 29.8 Å². The molecule has 0 bridgehead atoms. The number of benzene rings is 1. The van der Waals surface area contributed by atoms with Gasteiger partial charge in [0, 0.05) is 6.04 Å². The molecule has 0 unspecified atom stereocenters. The van der Waals surface area contributed by atoms with Crippen LogP contribution in [0.2, 0.25) is 0 Å². The largest absolute Gasteiger partial charge is 0.482 e. The van der Waals surface area contributed by atoms with Crippen LogP contribution >= 0.6 is 0 Å². The highest BCUT2D eigenvalue weighted by Crippen LogP contribution is 2.15. The van der Waals surface area contributed by atoms with E-state index in [4.69, 9.17) is 10.00 Å². The molecule has 0 fully saturated rings. The maximum absolute atomic E-state index is 11.5. The molecule has 0 aliphatic rings. The second kappa shape index (κ2) is 7.79. The van der Waals surface area contributed by atoms with E-state index in [1.165, 1.54) is 0 Å². The number of para-hydroxylation sites is 1. The quantitative estimate of drug-likeness (QED) is 0.794. The maximum Gasteiger partial charge on any atom is 0.258 e. The predicted octanol–water partition coefficient (Wildman–Crippen LogP) is 0.578. The fraction of sp³-hybridized carbons (Fsp3) is 0.357. The molecule has 6 nitrogen and oxygen atoms in total. The summed E-state index contributed by atoms with van der Waals surface area (Å²) in [6.45, 7) is 3.33. The Kier molecular flexibility index (Phi) is 6.04. The van der Waals surface area contributed by atoms with Gasteiger partial charge in [-0.25, -0.2) is 0 Å². The zero-order chi connectivity index (χ0) is 15.0. The molecule has 1 aromatic rings. The van der Waals surface area contributed by atoms with E-state index in [0.29, 0.717) is 11.3 Å². The molecule has 0 heterocycles. The molecule has 106 valence electrons. The van der Waals surface area contributed by atoms with Gasteiger partial charge in [-0.2, -0.15) is 5.26 Å². The maximum atomic E-state index is 11.5. The van der Waals surface area contributed by atoms with Crippen molar-refractivity contribution in [3.8, 4) is 11.8 Å². The molecule has 20 heavy (non-hydrogen) atoms. The highest BCUT2D eigenvalue weighted by Gasteiger charge is 2.08. The van der Waals surface area contributed by atoms with Crippen LogP contribution in [0.25, 0.3) is 0 Å². The number of nitriles is 1. The van der Waals surface area contributed by atoms with Crippen molar-refractivity contribution in [3.63, 3.8) is 0 Å². The first-order chi connectivity index (χ1) is 9.52. The lowest BCUT2D eigenvalue weighted by Gasteiger charge is -2.10. The zero-order valence-electron chi connectivity index (χ0n) is 11.5. The van der Waals surface area contributed by atoms with Gasteiger partial charge in [0.1, 0.15) is 11.8 Å². The molecule has 1 rings (SSSR count). The van der Waals surface area contributed by atoms with Crippen LogP contribution in [0, 0.1) is 11.3 Å². The molecule has 1 aromatic carbocycles. The van der Waals surface area contributed by atoms with Crippen LogP contribution in [0.1, 0.15) is 19.4 Å². The monoisotopic (exact) mass is 275 g/mol. The highest BCUT2D eigenvalue weighted by molar-refractivity contribution is 5.85. The lowest BCUT2D eigenvalue weighted by Crippen LogP contribution is -2.41. The van der Waals surface area contributed by atoms with E-state index < -0.39 is 5.91 Å². The molecule has 0 spiro atoms. The summed E-state index contributed by atoms with van der Waals surface area (Å²) in [6.07, 6.45) is 0. The first-order valence-electron chi connectivity index (χ1n) is 6.21. The van der Waals surface area contributed by atoms with Gasteiger partial charge in [0.2, 0.25) is 5.91 Å². The van der Waals surface area contributed by atoms with Gasteiger partial charge < -0.3 is 15.4 Å². The first kappa shape index (κ1) is 15.5. The molecule has 2 amide bonds. The molecule has 0 aliphatic carbocycles. The molecule has 0 saturated carbocycles. The first-order valence-corrected chi connectivity index (χ1v) is 6.21. The van der Waals surface area contributed by atoms with Gasteiger partial charge in [-0.1, -0.05) is 12.1 Å². The lowest BCUT2D eigenvalue weighted by molar-refractivity contribution is -0.127. The van der Waals surface area contributed by atoms with Crippen LogP contribution in [0.5, 0.6) is 5.75 Å². The number of nitrogens with one attached hydrogen (secondary N) is 2. The van der Waals surface area contributed by atoms with Gasteiger partial charge in [-0.15, -0.1) is 0 Å². The summed E-state index contributed by atoms with van der Waals surface area (Å²) in [4.78, 5) is 22.8. The number of amides is 2. The molecular formula is C14H17N3O3. The smallest absolute Gasteiger partial charge is 0.258 e. The minimum atomic E-state index is -0.420.